The predicted octanol–water partition coefficient (Wildman–Crippen LogP) is 7.66. The van der Waals surface area contributed by atoms with Crippen molar-refractivity contribution in [2.45, 2.75) is 125 Å². The van der Waals surface area contributed by atoms with Gasteiger partial charge in [-0.1, -0.05) is 79.4 Å². The van der Waals surface area contributed by atoms with Gasteiger partial charge in [0.2, 0.25) is 5.91 Å². The molecule has 10 atom stereocenters. The second kappa shape index (κ2) is 14.8. The van der Waals surface area contributed by atoms with Crippen molar-refractivity contribution < 1.29 is 19.1 Å². The molecule has 1 saturated heterocycles. The highest BCUT2D eigenvalue weighted by molar-refractivity contribution is 5.84. The van der Waals surface area contributed by atoms with E-state index in [-0.39, 0.29) is 23.4 Å². The highest BCUT2D eigenvalue weighted by Gasteiger charge is 2.59. The Kier molecular flexibility index (Phi) is 11.5. The number of hydrogen-bond acceptors (Lipinski definition) is 5. The van der Waals surface area contributed by atoms with E-state index in [0.717, 1.165) is 87.6 Å². The van der Waals surface area contributed by atoms with Gasteiger partial charge < -0.3 is 14.8 Å². The summed E-state index contributed by atoms with van der Waals surface area (Å²) >= 11 is 0. The van der Waals surface area contributed by atoms with Crippen LogP contribution in [-0.4, -0.2) is 62.3 Å². The van der Waals surface area contributed by atoms with E-state index in [1.54, 1.807) is 5.57 Å². The van der Waals surface area contributed by atoms with Crippen molar-refractivity contribution in [1.82, 2.24) is 10.2 Å². The van der Waals surface area contributed by atoms with Crippen LogP contribution in [-0.2, 0) is 19.1 Å². The Labute approximate surface area is 275 Å². The van der Waals surface area contributed by atoms with Gasteiger partial charge >= 0.3 is 5.97 Å². The molecule has 0 spiro atoms. The van der Waals surface area contributed by atoms with E-state index in [4.69, 9.17) is 9.47 Å². The fourth-order valence-corrected chi connectivity index (χ4v) is 10.8. The number of carbonyl (C=O) groups excluding carboxylic acids is 2. The van der Waals surface area contributed by atoms with Gasteiger partial charge in [-0.25, -0.2) is 0 Å². The molecule has 2 unspecified atom stereocenters. The van der Waals surface area contributed by atoms with Gasteiger partial charge in [-0.2, -0.15) is 0 Å². The maximum atomic E-state index is 13.2. The Bertz CT molecular complexity index is 1050. The lowest BCUT2D eigenvalue weighted by molar-refractivity contribution is -0.159. The number of nitrogens with one attached hydrogen (secondary N) is 1. The van der Waals surface area contributed by atoms with Gasteiger partial charge in [-0.3, -0.25) is 14.5 Å². The zero-order valence-corrected chi connectivity index (χ0v) is 29.9. The summed E-state index contributed by atoms with van der Waals surface area (Å²) in [6.45, 7) is 20.9. The number of esters is 1. The summed E-state index contributed by atoms with van der Waals surface area (Å²) in [7, 11) is 0. The standard InChI is InChI=1S/C39H66N2O4/c1-26(2)9-8-10-27(3)33-13-14-34-32-12-11-30-25-31(15-17-38(30,6)35(32)16-18-39(33,34)7)45-37(43)29(5)28(4)36(42)40-19-20-41-21-23-44-24-22-41/h11,26-29,31-35H,8-10,12-25H2,1-7H3,(H,40,42)/t27-,28?,29?,31+,32+,33-,34+,35+,38+,39-/m1/s1. The molecule has 1 heterocycles. The van der Waals surface area contributed by atoms with E-state index in [1.165, 1.54) is 51.4 Å². The molecule has 0 radical (unpaired) electrons. The minimum atomic E-state index is -0.453. The zero-order valence-electron chi connectivity index (χ0n) is 29.9. The lowest BCUT2D eigenvalue weighted by atomic mass is 9.47. The van der Waals surface area contributed by atoms with E-state index in [9.17, 15) is 9.59 Å². The molecular formula is C39H66N2O4. The summed E-state index contributed by atoms with van der Waals surface area (Å²) in [5.41, 5.74) is 2.30. The van der Waals surface area contributed by atoms with Gasteiger partial charge in [0.25, 0.3) is 0 Å². The minimum Gasteiger partial charge on any atom is -0.462 e. The van der Waals surface area contributed by atoms with Crippen LogP contribution in [0.25, 0.3) is 0 Å². The lowest BCUT2D eigenvalue weighted by Gasteiger charge is -2.58. The minimum absolute atomic E-state index is 0.0617. The summed E-state index contributed by atoms with van der Waals surface area (Å²) in [6.07, 6.45) is 16.4. The number of fused-ring (bicyclic) bond motifs is 5. The van der Waals surface area contributed by atoms with Crippen LogP contribution < -0.4 is 5.32 Å². The fourth-order valence-electron chi connectivity index (χ4n) is 10.8. The largest absolute Gasteiger partial charge is 0.462 e. The number of hydrogen-bond donors (Lipinski definition) is 1. The maximum Gasteiger partial charge on any atom is 0.309 e. The first kappa shape index (κ1) is 34.9. The first-order chi connectivity index (χ1) is 21.4. The third-order valence-corrected chi connectivity index (χ3v) is 13.9. The van der Waals surface area contributed by atoms with Crippen LogP contribution in [0.15, 0.2) is 11.6 Å². The normalized spacial score (nSPS) is 37.1. The van der Waals surface area contributed by atoms with Gasteiger partial charge in [-0.15, -0.1) is 0 Å². The Morgan fingerprint density at radius 3 is 2.47 bits per heavy atom. The quantitative estimate of drug-likeness (QED) is 0.178. The highest BCUT2D eigenvalue weighted by atomic mass is 16.5. The maximum absolute atomic E-state index is 13.2. The molecule has 6 heteroatoms. The molecule has 0 bridgehead atoms. The number of allylic oxidation sites excluding steroid dienone is 1. The molecule has 0 aromatic carbocycles. The Morgan fingerprint density at radius 2 is 1.73 bits per heavy atom. The van der Waals surface area contributed by atoms with E-state index in [2.05, 4.69) is 50.9 Å². The molecular weight excluding hydrogens is 560 g/mol. The van der Waals surface area contributed by atoms with Crippen LogP contribution in [0, 0.1) is 58.2 Å². The molecule has 0 aromatic rings. The number of carbonyl (C=O) groups is 2. The number of amides is 1. The molecule has 1 N–H and O–H groups in total. The van der Waals surface area contributed by atoms with Gasteiger partial charge in [0.05, 0.1) is 19.1 Å². The SMILES string of the molecule is CC(C)CCC[C@@H](C)[C@H]1CC[C@H]2[C@@H]3CC=C4C[C@@H](OC(=O)C(C)C(C)C(=O)NCCN5CCOCC5)CC[C@]4(C)[C@H]3CC[C@]12C. The average Bonchev–Trinajstić information content (AvgIpc) is 3.38. The van der Waals surface area contributed by atoms with Crippen LogP contribution in [0.4, 0.5) is 0 Å². The van der Waals surface area contributed by atoms with Crippen LogP contribution in [0.3, 0.4) is 0 Å². The molecule has 4 fully saturated rings. The summed E-state index contributed by atoms with van der Waals surface area (Å²) in [5.74, 6) is 3.85. The van der Waals surface area contributed by atoms with Crippen LogP contribution in [0.5, 0.6) is 0 Å². The topological polar surface area (TPSA) is 67.9 Å². The first-order valence-electron chi connectivity index (χ1n) is 18.9. The van der Waals surface area contributed by atoms with Gasteiger partial charge in [0.1, 0.15) is 6.10 Å². The molecule has 256 valence electrons. The molecule has 1 amide bonds. The van der Waals surface area contributed by atoms with Gasteiger partial charge in [-0.05, 0) is 91.3 Å². The van der Waals surface area contributed by atoms with Crippen molar-refractivity contribution in [3.8, 4) is 0 Å². The first-order valence-corrected chi connectivity index (χ1v) is 18.9. The third-order valence-electron chi connectivity index (χ3n) is 13.9. The van der Waals surface area contributed by atoms with Crippen molar-refractivity contribution in [1.29, 1.82) is 0 Å². The molecule has 45 heavy (non-hydrogen) atoms. The van der Waals surface area contributed by atoms with E-state index >= 15 is 0 Å². The van der Waals surface area contributed by atoms with Crippen molar-refractivity contribution in [3.63, 3.8) is 0 Å². The van der Waals surface area contributed by atoms with Gasteiger partial charge in [0.15, 0.2) is 0 Å². The molecule has 0 aromatic heterocycles. The van der Waals surface area contributed by atoms with Crippen molar-refractivity contribution in [2.75, 3.05) is 39.4 Å². The zero-order chi connectivity index (χ0) is 32.4. The van der Waals surface area contributed by atoms with Crippen molar-refractivity contribution in [3.05, 3.63) is 11.6 Å². The van der Waals surface area contributed by atoms with Crippen molar-refractivity contribution in [2.24, 2.45) is 58.2 Å². The predicted molar refractivity (Wildman–Crippen MR) is 182 cm³/mol. The fraction of sp³-hybridized carbons (Fsp3) is 0.897. The number of rotatable bonds is 12. The average molecular weight is 627 g/mol. The van der Waals surface area contributed by atoms with E-state index in [0.29, 0.717) is 12.0 Å². The monoisotopic (exact) mass is 627 g/mol. The highest BCUT2D eigenvalue weighted by Crippen LogP contribution is 2.67. The Balaban J connectivity index is 1.13. The second-order valence-corrected chi connectivity index (χ2v) is 16.9. The Hall–Kier alpha value is -1.40. The number of morpholine rings is 1. The number of nitrogens with zero attached hydrogens (tertiary/aromatic N) is 1. The molecule has 4 aliphatic carbocycles. The smallest absolute Gasteiger partial charge is 0.309 e. The summed E-state index contributed by atoms with van der Waals surface area (Å²) < 4.78 is 11.5. The summed E-state index contributed by atoms with van der Waals surface area (Å²) in [4.78, 5) is 28.4. The molecule has 3 saturated carbocycles. The molecule has 5 rings (SSSR count). The summed E-state index contributed by atoms with van der Waals surface area (Å²) in [6, 6.07) is 0. The van der Waals surface area contributed by atoms with Crippen LogP contribution >= 0.6 is 0 Å². The Morgan fingerprint density at radius 1 is 0.978 bits per heavy atom. The molecule has 6 nitrogen and oxygen atoms in total. The molecule has 1 aliphatic heterocycles. The van der Waals surface area contributed by atoms with Crippen LogP contribution in [0.1, 0.15) is 119 Å². The summed E-state index contributed by atoms with van der Waals surface area (Å²) in [5, 5.41) is 3.04. The van der Waals surface area contributed by atoms with Gasteiger partial charge in [0, 0.05) is 38.5 Å². The van der Waals surface area contributed by atoms with Crippen LogP contribution in [0.2, 0.25) is 0 Å². The number of ether oxygens (including phenoxy) is 2. The molecule has 5 aliphatic rings. The second-order valence-electron chi connectivity index (χ2n) is 16.9. The third kappa shape index (κ3) is 7.53. The lowest BCUT2D eigenvalue weighted by Crippen LogP contribution is -2.51. The van der Waals surface area contributed by atoms with E-state index < -0.39 is 11.8 Å². The van der Waals surface area contributed by atoms with Crippen molar-refractivity contribution >= 4 is 11.9 Å². The van der Waals surface area contributed by atoms with E-state index in [1.807, 2.05) is 13.8 Å².